The molecule has 1 aliphatic heterocycles. The molecule has 1 amide bonds. The van der Waals surface area contributed by atoms with Crippen molar-refractivity contribution in [3.63, 3.8) is 0 Å². The Labute approximate surface area is 104 Å². The minimum atomic E-state index is -0.161. The number of amides is 1. The molecule has 1 atom stereocenters. The van der Waals surface area contributed by atoms with Crippen molar-refractivity contribution in [2.24, 2.45) is 0 Å². The van der Waals surface area contributed by atoms with Gasteiger partial charge in [-0.25, -0.2) is 0 Å². The maximum absolute atomic E-state index is 11.9. The maximum Gasteiger partial charge on any atom is 0.255 e. The van der Waals surface area contributed by atoms with Gasteiger partial charge < -0.3 is 14.3 Å². The number of rotatable bonds is 3. The molecule has 1 aliphatic rings. The van der Waals surface area contributed by atoms with Gasteiger partial charge >= 0.3 is 0 Å². The number of carbonyl (C=O) groups is 1. The standard InChI is InChI=1S/C12H14N4O2/c1-8(13-12(17)9-4-6-18-7-9)11-15-14-10-3-2-5-16(10)11/h4,6-8H,2-3,5H2,1H3,(H,13,17)/t8-/m0/s1. The molecule has 0 spiro atoms. The van der Waals surface area contributed by atoms with Crippen molar-refractivity contribution in [2.75, 3.05) is 0 Å². The number of hydrogen-bond donors (Lipinski definition) is 1. The summed E-state index contributed by atoms with van der Waals surface area (Å²) in [6, 6.07) is 1.47. The van der Waals surface area contributed by atoms with Gasteiger partial charge in [0.15, 0.2) is 5.82 Å². The van der Waals surface area contributed by atoms with Crippen LogP contribution in [0.5, 0.6) is 0 Å². The van der Waals surface area contributed by atoms with E-state index in [-0.39, 0.29) is 11.9 Å². The van der Waals surface area contributed by atoms with Crippen molar-refractivity contribution in [1.82, 2.24) is 20.1 Å². The van der Waals surface area contributed by atoms with Crippen LogP contribution in [0.25, 0.3) is 0 Å². The van der Waals surface area contributed by atoms with Gasteiger partial charge in [-0.15, -0.1) is 10.2 Å². The first-order chi connectivity index (χ1) is 8.75. The van der Waals surface area contributed by atoms with E-state index < -0.39 is 0 Å². The average Bonchev–Trinajstić information content (AvgIpc) is 3.06. The fourth-order valence-electron chi connectivity index (χ4n) is 2.23. The van der Waals surface area contributed by atoms with Gasteiger partial charge in [0.1, 0.15) is 12.1 Å². The Hall–Kier alpha value is -2.11. The molecular formula is C12H14N4O2. The van der Waals surface area contributed by atoms with Crippen LogP contribution in [-0.4, -0.2) is 20.7 Å². The van der Waals surface area contributed by atoms with Gasteiger partial charge in [0.25, 0.3) is 5.91 Å². The summed E-state index contributed by atoms with van der Waals surface area (Å²) in [6.07, 6.45) is 4.97. The van der Waals surface area contributed by atoms with E-state index in [0.717, 1.165) is 31.0 Å². The topological polar surface area (TPSA) is 73.0 Å². The molecule has 0 fully saturated rings. The molecule has 3 rings (SSSR count). The average molecular weight is 246 g/mol. The third-order valence-electron chi connectivity index (χ3n) is 3.16. The van der Waals surface area contributed by atoms with Gasteiger partial charge in [-0.1, -0.05) is 0 Å². The quantitative estimate of drug-likeness (QED) is 0.886. The van der Waals surface area contributed by atoms with Crippen LogP contribution in [0, 0.1) is 0 Å². The summed E-state index contributed by atoms with van der Waals surface area (Å²) in [6.45, 7) is 2.84. The van der Waals surface area contributed by atoms with Gasteiger partial charge in [0, 0.05) is 13.0 Å². The third-order valence-corrected chi connectivity index (χ3v) is 3.16. The zero-order valence-corrected chi connectivity index (χ0v) is 10.1. The Morgan fingerprint density at radius 3 is 3.22 bits per heavy atom. The second-order valence-electron chi connectivity index (χ2n) is 4.44. The van der Waals surface area contributed by atoms with Gasteiger partial charge in [0.05, 0.1) is 17.9 Å². The summed E-state index contributed by atoms with van der Waals surface area (Å²) in [5, 5.41) is 11.2. The fraction of sp³-hybridized carbons (Fsp3) is 0.417. The highest BCUT2D eigenvalue weighted by Crippen LogP contribution is 2.19. The van der Waals surface area contributed by atoms with Gasteiger partial charge in [-0.2, -0.15) is 0 Å². The number of aryl methyl sites for hydroxylation is 1. The fourth-order valence-corrected chi connectivity index (χ4v) is 2.23. The van der Waals surface area contributed by atoms with Crippen LogP contribution in [0.2, 0.25) is 0 Å². The molecule has 0 saturated carbocycles. The number of nitrogens with zero attached hydrogens (tertiary/aromatic N) is 3. The van der Waals surface area contributed by atoms with Gasteiger partial charge in [-0.3, -0.25) is 4.79 Å². The number of furan rings is 1. The van der Waals surface area contributed by atoms with Gasteiger partial charge in [-0.05, 0) is 19.4 Å². The van der Waals surface area contributed by atoms with Crippen molar-refractivity contribution < 1.29 is 9.21 Å². The van der Waals surface area contributed by atoms with Crippen LogP contribution in [0.1, 0.15) is 41.4 Å². The van der Waals surface area contributed by atoms with Crippen LogP contribution >= 0.6 is 0 Å². The van der Waals surface area contributed by atoms with Crippen molar-refractivity contribution in [1.29, 1.82) is 0 Å². The highest BCUT2D eigenvalue weighted by Gasteiger charge is 2.22. The van der Waals surface area contributed by atoms with E-state index in [2.05, 4.69) is 20.1 Å². The molecule has 2 aromatic heterocycles. The van der Waals surface area contributed by atoms with E-state index in [1.165, 1.54) is 12.5 Å². The SMILES string of the molecule is C[C@H](NC(=O)c1ccoc1)c1nnc2n1CCC2. The second kappa shape index (κ2) is 4.29. The summed E-state index contributed by atoms with van der Waals surface area (Å²) in [5.74, 6) is 1.67. The molecule has 94 valence electrons. The van der Waals surface area contributed by atoms with E-state index in [0.29, 0.717) is 5.56 Å². The Morgan fingerprint density at radius 1 is 1.56 bits per heavy atom. The Balaban J connectivity index is 1.75. The molecule has 0 radical (unpaired) electrons. The predicted molar refractivity (Wildman–Crippen MR) is 62.9 cm³/mol. The molecule has 0 aliphatic carbocycles. The van der Waals surface area contributed by atoms with E-state index in [4.69, 9.17) is 4.42 Å². The molecule has 18 heavy (non-hydrogen) atoms. The highest BCUT2D eigenvalue weighted by molar-refractivity contribution is 5.93. The smallest absolute Gasteiger partial charge is 0.255 e. The zero-order valence-electron chi connectivity index (χ0n) is 10.1. The molecule has 0 saturated heterocycles. The van der Waals surface area contributed by atoms with Crippen LogP contribution in [0.3, 0.4) is 0 Å². The lowest BCUT2D eigenvalue weighted by molar-refractivity contribution is 0.0937. The summed E-state index contributed by atoms with van der Waals surface area (Å²) in [7, 11) is 0. The lowest BCUT2D eigenvalue weighted by Crippen LogP contribution is -2.28. The second-order valence-corrected chi connectivity index (χ2v) is 4.44. The van der Waals surface area contributed by atoms with E-state index in [1.807, 2.05) is 6.92 Å². The van der Waals surface area contributed by atoms with E-state index >= 15 is 0 Å². The number of hydrogen-bond acceptors (Lipinski definition) is 4. The monoisotopic (exact) mass is 246 g/mol. The lowest BCUT2D eigenvalue weighted by Gasteiger charge is -2.13. The molecule has 0 aromatic carbocycles. The number of carbonyl (C=O) groups excluding carboxylic acids is 1. The Kier molecular flexibility index (Phi) is 2.62. The van der Waals surface area contributed by atoms with Crippen LogP contribution in [0.4, 0.5) is 0 Å². The maximum atomic E-state index is 11.9. The van der Waals surface area contributed by atoms with E-state index in [1.54, 1.807) is 6.07 Å². The normalized spacial score (nSPS) is 15.4. The Bertz CT molecular complexity index is 559. The Morgan fingerprint density at radius 2 is 2.44 bits per heavy atom. The zero-order chi connectivity index (χ0) is 12.5. The minimum absolute atomic E-state index is 0.160. The molecule has 6 heteroatoms. The first-order valence-corrected chi connectivity index (χ1v) is 6.01. The summed E-state index contributed by atoms with van der Waals surface area (Å²) in [4.78, 5) is 11.9. The summed E-state index contributed by atoms with van der Waals surface area (Å²) < 4.78 is 6.97. The van der Waals surface area contributed by atoms with Crippen LogP contribution < -0.4 is 5.32 Å². The number of aromatic nitrogens is 3. The summed E-state index contributed by atoms with van der Waals surface area (Å²) >= 11 is 0. The third kappa shape index (κ3) is 1.79. The van der Waals surface area contributed by atoms with Crippen molar-refractivity contribution in [3.8, 4) is 0 Å². The van der Waals surface area contributed by atoms with E-state index in [9.17, 15) is 4.79 Å². The number of fused-ring (bicyclic) bond motifs is 1. The van der Waals surface area contributed by atoms with Crippen molar-refractivity contribution in [3.05, 3.63) is 35.8 Å². The lowest BCUT2D eigenvalue weighted by atomic mass is 10.2. The van der Waals surface area contributed by atoms with Gasteiger partial charge in [0.2, 0.25) is 0 Å². The van der Waals surface area contributed by atoms with Crippen molar-refractivity contribution in [2.45, 2.75) is 32.4 Å². The molecule has 0 unspecified atom stereocenters. The molecule has 2 aromatic rings. The minimum Gasteiger partial charge on any atom is -0.472 e. The molecular weight excluding hydrogens is 232 g/mol. The number of nitrogens with one attached hydrogen (secondary N) is 1. The molecule has 6 nitrogen and oxygen atoms in total. The largest absolute Gasteiger partial charge is 0.472 e. The van der Waals surface area contributed by atoms with Crippen LogP contribution in [0.15, 0.2) is 23.0 Å². The summed E-state index contributed by atoms with van der Waals surface area (Å²) in [5.41, 5.74) is 0.517. The first-order valence-electron chi connectivity index (χ1n) is 6.01. The predicted octanol–water partition coefficient (Wildman–Crippen LogP) is 1.31. The first kappa shape index (κ1) is 11.0. The molecule has 3 heterocycles. The van der Waals surface area contributed by atoms with Crippen LogP contribution in [-0.2, 0) is 13.0 Å². The molecule has 1 N–H and O–H groups in total. The molecule has 0 bridgehead atoms. The van der Waals surface area contributed by atoms with Crippen molar-refractivity contribution >= 4 is 5.91 Å². The highest BCUT2D eigenvalue weighted by atomic mass is 16.3.